The van der Waals surface area contributed by atoms with Gasteiger partial charge in [0.05, 0.1) is 5.75 Å². The molecule has 2 fully saturated rings. The standard InChI is InChI=1S/C12H25N3O3S/c16-19(17,10-8-15-6-4-13-5-7-15)14-3-1-12-2-9-18-11-12/h12-14H,1-11H2. The minimum atomic E-state index is -3.13. The van der Waals surface area contributed by atoms with Gasteiger partial charge in [-0.1, -0.05) is 0 Å². The largest absolute Gasteiger partial charge is 0.381 e. The second kappa shape index (κ2) is 7.54. The third-order valence-corrected chi connectivity index (χ3v) is 5.15. The molecule has 0 amide bonds. The van der Waals surface area contributed by atoms with Gasteiger partial charge in [0.1, 0.15) is 0 Å². The molecule has 0 aromatic heterocycles. The van der Waals surface area contributed by atoms with Crippen molar-refractivity contribution in [1.82, 2.24) is 14.9 Å². The smallest absolute Gasteiger partial charge is 0.212 e. The van der Waals surface area contributed by atoms with Gasteiger partial charge in [-0.15, -0.1) is 0 Å². The Balaban J connectivity index is 1.60. The van der Waals surface area contributed by atoms with Crippen molar-refractivity contribution >= 4 is 10.0 Å². The number of sulfonamides is 1. The number of ether oxygens (including phenoxy) is 1. The lowest BCUT2D eigenvalue weighted by Crippen LogP contribution is -2.46. The van der Waals surface area contributed by atoms with E-state index in [1.165, 1.54) is 0 Å². The van der Waals surface area contributed by atoms with Crippen LogP contribution in [0.5, 0.6) is 0 Å². The van der Waals surface area contributed by atoms with Crippen molar-refractivity contribution in [2.24, 2.45) is 5.92 Å². The minimum Gasteiger partial charge on any atom is -0.381 e. The fraction of sp³-hybridized carbons (Fsp3) is 1.00. The van der Waals surface area contributed by atoms with E-state index >= 15 is 0 Å². The zero-order valence-corrected chi connectivity index (χ0v) is 12.3. The van der Waals surface area contributed by atoms with Gasteiger partial charge in [-0.3, -0.25) is 4.90 Å². The summed E-state index contributed by atoms with van der Waals surface area (Å²) in [6.45, 7) is 6.55. The summed E-state index contributed by atoms with van der Waals surface area (Å²) in [5.74, 6) is 0.726. The van der Waals surface area contributed by atoms with Crippen molar-refractivity contribution in [3.8, 4) is 0 Å². The second-order valence-electron chi connectivity index (χ2n) is 5.32. The topological polar surface area (TPSA) is 70.7 Å². The number of nitrogens with one attached hydrogen (secondary N) is 2. The molecule has 2 rings (SSSR count). The van der Waals surface area contributed by atoms with Crippen LogP contribution < -0.4 is 10.0 Å². The summed E-state index contributed by atoms with van der Waals surface area (Å²) < 4.78 is 31.7. The van der Waals surface area contributed by atoms with E-state index in [2.05, 4.69) is 14.9 Å². The Hall–Kier alpha value is -0.210. The summed E-state index contributed by atoms with van der Waals surface area (Å²) >= 11 is 0. The molecule has 7 heteroatoms. The number of nitrogens with zero attached hydrogens (tertiary/aromatic N) is 1. The molecule has 1 unspecified atom stereocenters. The van der Waals surface area contributed by atoms with Crippen molar-refractivity contribution in [2.75, 3.05) is 58.2 Å². The summed E-state index contributed by atoms with van der Waals surface area (Å²) in [6.07, 6.45) is 1.94. The highest BCUT2D eigenvalue weighted by Crippen LogP contribution is 2.15. The van der Waals surface area contributed by atoms with Crippen LogP contribution in [0.15, 0.2) is 0 Å². The van der Waals surface area contributed by atoms with E-state index in [4.69, 9.17) is 4.74 Å². The average molecular weight is 291 g/mol. The number of rotatable bonds is 7. The highest BCUT2D eigenvalue weighted by Gasteiger charge is 2.18. The molecule has 0 spiro atoms. The van der Waals surface area contributed by atoms with Crippen LogP contribution in [0.3, 0.4) is 0 Å². The maximum Gasteiger partial charge on any atom is 0.212 e. The van der Waals surface area contributed by atoms with Crippen molar-refractivity contribution in [3.05, 3.63) is 0 Å². The Morgan fingerprint density at radius 3 is 2.79 bits per heavy atom. The number of hydrogen-bond acceptors (Lipinski definition) is 5. The van der Waals surface area contributed by atoms with E-state index < -0.39 is 10.0 Å². The lowest BCUT2D eigenvalue weighted by molar-refractivity contribution is 0.184. The molecule has 2 aliphatic rings. The van der Waals surface area contributed by atoms with E-state index in [9.17, 15) is 8.42 Å². The molecule has 0 aromatic carbocycles. The van der Waals surface area contributed by atoms with Crippen LogP contribution in [-0.2, 0) is 14.8 Å². The molecule has 0 aliphatic carbocycles. The van der Waals surface area contributed by atoms with Gasteiger partial charge < -0.3 is 10.1 Å². The molecular formula is C12H25N3O3S. The third-order valence-electron chi connectivity index (χ3n) is 3.78. The predicted octanol–water partition coefficient (Wildman–Crippen LogP) is -0.762. The Morgan fingerprint density at radius 2 is 2.11 bits per heavy atom. The lowest BCUT2D eigenvalue weighted by Gasteiger charge is -2.26. The molecule has 112 valence electrons. The lowest BCUT2D eigenvalue weighted by atomic mass is 10.1. The minimum absolute atomic E-state index is 0.203. The quantitative estimate of drug-likeness (QED) is 0.645. The normalized spacial score (nSPS) is 25.8. The Labute approximate surface area is 115 Å². The van der Waals surface area contributed by atoms with Crippen molar-refractivity contribution in [2.45, 2.75) is 12.8 Å². The van der Waals surface area contributed by atoms with E-state index in [0.717, 1.165) is 52.2 Å². The zero-order valence-electron chi connectivity index (χ0n) is 11.4. The van der Waals surface area contributed by atoms with Gasteiger partial charge in [-0.05, 0) is 18.8 Å². The van der Waals surface area contributed by atoms with Gasteiger partial charge in [-0.2, -0.15) is 0 Å². The highest BCUT2D eigenvalue weighted by molar-refractivity contribution is 7.89. The summed E-state index contributed by atoms with van der Waals surface area (Å²) in [6, 6.07) is 0. The molecule has 0 aromatic rings. The van der Waals surface area contributed by atoms with Crippen molar-refractivity contribution in [3.63, 3.8) is 0 Å². The monoisotopic (exact) mass is 291 g/mol. The van der Waals surface area contributed by atoms with E-state index in [-0.39, 0.29) is 5.75 Å². The van der Waals surface area contributed by atoms with Gasteiger partial charge in [0, 0.05) is 52.5 Å². The van der Waals surface area contributed by atoms with Crippen LogP contribution >= 0.6 is 0 Å². The molecule has 6 nitrogen and oxygen atoms in total. The molecule has 1 atom stereocenters. The van der Waals surface area contributed by atoms with E-state index in [1.54, 1.807) is 0 Å². The number of hydrogen-bond donors (Lipinski definition) is 2. The van der Waals surface area contributed by atoms with Gasteiger partial charge in [-0.25, -0.2) is 13.1 Å². The van der Waals surface area contributed by atoms with Crippen molar-refractivity contribution in [1.29, 1.82) is 0 Å². The highest BCUT2D eigenvalue weighted by atomic mass is 32.2. The molecule has 2 heterocycles. The van der Waals surface area contributed by atoms with Crippen LogP contribution in [-0.4, -0.2) is 71.6 Å². The third kappa shape index (κ3) is 5.74. The van der Waals surface area contributed by atoms with E-state index in [1.807, 2.05) is 0 Å². The van der Waals surface area contributed by atoms with Crippen LogP contribution in [0.2, 0.25) is 0 Å². The van der Waals surface area contributed by atoms with Crippen LogP contribution in [0.25, 0.3) is 0 Å². The first-order valence-corrected chi connectivity index (χ1v) is 8.79. The molecule has 0 saturated carbocycles. The van der Waals surface area contributed by atoms with Gasteiger partial charge in [0.15, 0.2) is 0 Å². The van der Waals surface area contributed by atoms with Crippen LogP contribution in [0, 0.1) is 5.92 Å². The average Bonchev–Trinajstić information content (AvgIpc) is 2.91. The maximum atomic E-state index is 11.9. The Bertz CT molecular complexity index is 349. The second-order valence-corrected chi connectivity index (χ2v) is 7.25. The number of piperazine rings is 1. The Kier molecular flexibility index (Phi) is 6.03. The SMILES string of the molecule is O=S(=O)(CCN1CCNCC1)NCCC1CCOC1. The van der Waals surface area contributed by atoms with Crippen molar-refractivity contribution < 1.29 is 13.2 Å². The first-order valence-electron chi connectivity index (χ1n) is 7.14. The molecular weight excluding hydrogens is 266 g/mol. The Morgan fingerprint density at radius 1 is 1.32 bits per heavy atom. The predicted molar refractivity (Wildman–Crippen MR) is 74.6 cm³/mol. The molecule has 0 radical (unpaired) electrons. The molecule has 2 N–H and O–H groups in total. The summed E-state index contributed by atoms with van der Waals surface area (Å²) in [5, 5.41) is 3.26. The zero-order chi connectivity index (χ0) is 13.6. The first-order chi connectivity index (χ1) is 9.16. The van der Waals surface area contributed by atoms with Gasteiger partial charge >= 0.3 is 0 Å². The van der Waals surface area contributed by atoms with Crippen LogP contribution in [0.1, 0.15) is 12.8 Å². The molecule has 19 heavy (non-hydrogen) atoms. The summed E-state index contributed by atoms with van der Waals surface area (Å²) in [5.41, 5.74) is 0. The molecule has 2 saturated heterocycles. The summed E-state index contributed by atoms with van der Waals surface area (Å²) in [4.78, 5) is 2.19. The van der Waals surface area contributed by atoms with Gasteiger partial charge in [0.25, 0.3) is 0 Å². The maximum absolute atomic E-state index is 11.9. The van der Waals surface area contributed by atoms with E-state index in [0.29, 0.717) is 19.0 Å². The molecule has 0 bridgehead atoms. The first kappa shape index (κ1) is 15.2. The molecule has 2 aliphatic heterocycles. The summed E-state index contributed by atoms with van der Waals surface area (Å²) in [7, 11) is -3.13. The van der Waals surface area contributed by atoms with Gasteiger partial charge in [0.2, 0.25) is 10.0 Å². The fourth-order valence-corrected chi connectivity index (χ4v) is 3.56. The fourth-order valence-electron chi connectivity index (χ4n) is 2.49. The van der Waals surface area contributed by atoms with Crippen LogP contribution in [0.4, 0.5) is 0 Å².